The molecule has 6 heteroatoms. The molecule has 2 aliphatic rings. The van der Waals surface area contributed by atoms with Crippen molar-refractivity contribution in [1.82, 2.24) is 5.32 Å². The molecule has 5 nitrogen and oxygen atoms in total. The molecule has 0 heterocycles. The van der Waals surface area contributed by atoms with Gasteiger partial charge in [0, 0.05) is 11.6 Å². The van der Waals surface area contributed by atoms with Crippen molar-refractivity contribution in [3.05, 3.63) is 29.8 Å². The SMILES string of the molecule is NS(=O)(=O)c1cccc(C(=O)NC(C2CC2)C2CC2)c1. The highest BCUT2D eigenvalue weighted by atomic mass is 32.2. The quantitative estimate of drug-likeness (QED) is 0.856. The predicted octanol–water partition coefficient (Wildman–Crippen LogP) is 1.25. The summed E-state index contributed by atoms with van der Waals surface area (Å²) in [6.45, 7) is 0. The maximum absolute atomic E-state index is 12.3. The number of amides is 1. The number of sulfonamides is 1. The Balaban J connectivity index is 1.76. The molecule has 0 spiro atoms. The van der Waals surface area contributed by atoms with E-state index in [9.17, 15) is 13.2 Å². The molecule has 0 aromatic heterocycles. The van der Waals surface area contributed by atoms with Crippen LogP contribution in [0, 0.1) is 11.8 Å². The van der Waals surface area contributed by atoms with Crippen LogP contribution in [0.15, 0.2) is 29.2 Å². The summed E-state index contributed by atoms with van der Waals surface area (Å²) in [5.41, 5.74) is 0.350. The first-order valence-corrected chi connectivity index (χ1v) is 8.43. The highest BCUT2D eigenvalue weighted by Gasteiger charge is 2.42. The molecular formula is C14H18N2O3S. The predicted molar refractivity (Wildman–Crippen MR) is 74.5 cm³/mol. The molecule has 3 rings (SSSR count). The van der Waals surface area contributed by atoms with Crippen LogP contribution in [0.5, 0.6) is 0 Å². The summed E-state index contributed by atoms with van der Waals surface area (Å²) < 4.78 is 22.6. The van der Waals surface area contributed by atoms with Crippen molar-refractivity contribution in [2.75, 3.05) is 0 Å². The standard InChI is InChI=1S/C14H18N2O3S/c15-20(18,19)12-3-1-2-11(8-12)14(17)16-13(9-4-5-9)10-6-7-10/h1-3,8-10,13H,4-7H2,(H,16,17)(H2,15,18,19). The topological polar surface area (TPSA) is 89.3 Å². The third-order valence-electron chi connectivity index (χ3n) is 3.98. The van der Waals surface area contributed by atoms with E-state index in [0.717, 1.165) is 0 Å². The summed E-state index contributed by atoms with van der Waals surface area (Å²) in [5, 5.41) is 8.15. The first-order valence-electron chi connectivity index (χ1n) is 6.89. The maximum Gasteiger partial charge on any atom is 0.251 e. The third kappa shape index (κ3) is 3.02. The van der Waals surface area contributed by atoms with E-state index in [0.29, 0.717) is 17.4 Å². The second kappa shape index (κ2) is 4.86. The van der Waals surface area contributed by atoms with Gasteiger partial charge in [-0.15, -0.1) is 0 Å². The van der Waals surface area contributed by atoms with Crippen LogP contribution >= 0.6 is 0 Å². The molecule has 2 saturated carbocycles. The lowest BCUT2D eigenvalue weighted by molar-refractivity contribution is 0.0926. The molecule has 2 aliphatic carbocycles. The minimum atomic E-state index is -3.78. The van der Waals surface area contributed by atoms with Crippen LogP contribution in [0.1, 0.15) is 36.0 Å². The van der Waals surface area contributed by atoms with E-state index in [1.807, 2.05) is 0 Å². The Morgan fingerprint density at radius 2 is 1.80 bits per heavy atom. The maximum atomic E-state index is 12.3. The summed E-state index contributed by atoms with van der Waals surface area (Å²) in [6, 6.07) is 6.13. The lowest BCUT2D eigenvalue weighted by atomic mass is 10.1. The van der Waals surface area contributed by atoms with Crippen molar-refractivity contribution in [3.63, 3.8) is 0 Å². The van der Waals surface area contributed by atoms with Crippen molar-refractivity contribution in [1.29, 1.82) is 0 Å². The van der Waals surface area contributed by atoms with E-state index >= 15 is 0 Å². The number of carbonyl (C=O) groups excluding carboxylic acids is 1. The summed E-state index contributed by atoms with van der Waals surface area (Å²) >= 11 is 0. The molecule has 1 amide bonds. The van der Waals surface area contributed by atoms with Gasteiger partial charge in [0.1, 0.15) is 0 Å². The number of nitrogens with two attached hydrogens (primary N) is 1. The van der Waals surface area contributed by atoms with Gasteiger partial charge in [-0.25, -0.2) is 13.6 Å². The molecule has 0 atom stereocenters. The Morgan fingerprint density at radius 3 is 2.30 bits per heavy atom. The van der Waals surface area contributed by atoms with Crippen molar-refractivity contribution in [2.24, 2.45) is 17.0 Å². The largest absolute Gasteiger partial charge is 0.349 e. The zero-order chi connectivity index (χ0) is 14.3. The van der Waals surface area contributed by atoms with Gasteiger partial charge in [0.2, 0.25) is 10.0 Å². The van der Waals surface area contributed by atoms with Crippen LogP contribution in [-0.2, 0) is 10.0 Å². The minimum absolute atomic E-state index is 0.0282. The molecule has 2 fully saturated rings. The Labute approximate surface area is 118 Å². The molecule has 1 aromatic carbocycles. The number of hydrogen-bond acceptors (Lipinski definition) is 3. The molecule has 20 heavy (non-hydrogen) atoms. The fourth-order valence-electron chi connectivity index (χ4n) is 2.58. The number of nitrogens with one attached hydrogen (secondary N) is 1. The number of benzene rings is 1. The molecule has 0 saturated heterocycles. The highest BCUT2D eigenvalue weighted by molar-refractivity contribution is 7.89. The molecule has 0 unspecified atom stereocenters. The van der Waals surface area contributed by atoms with E-state index < -0.39 is 10.0 Å². The Hall–Kier alpha value is -1.40. The molecule has 1 aromatic rings. The summed E-state index contributed by atoms with van der Waals surface area (Å²) in [4.78, 5) is 12.2. The van der Waals surface area contributed by atoms with Gasteiger partial charge in [0.25, 0.3) is 5.91 Å². The van der Waals surface area contributed by atoms with Gasteiger partial charge >= 0.3 is 0 Å². The van der Waals surface area contributed by atoms with Gasteiger partial charge in [-0.1, -0.05) is 6.07 Å². The molecule has 0 aliphatic heterocycles. The second-order valence-corrected chi connectivity index (χ2v) is 7.31. The van der Waals surface area contributed by atoms with Crippen LogP contribution in [0.4, 0.5) is 0 Å². The van der Waals surface area contributed by atoms with E-state index in [2.05, 4.69) is 5.32 Å². The van der Waals surface area contributed by atoms with Gasteiger partial charge < -0.3 is 5.32 Å². The van der Waals surface area contributed by atoms with Crippen LogP contribution in [0.2, 0.25) is 0 Å². The Bertz CT molecular complexity index is 622. The summed E-state index contributed by atoms with van der Waals surface area (Å²) in [6.07, 6.45) is 4.72. The fraction of sp³-hybridized carbons (Fsp3) is 0.500. The van der Waals surface area contributed by atoms with E-state index in [1.165, 1.54) is 43.9 Å². The van der Waals surface area contributed by atoms with Crippen molar-refractivity contribution in [2.45, 2.75) is 36.6 Å². The first kappa shape index (κ1) is 13.6. The molecule has 108 valence electrons. The molecular weight excluding hydrogens is 276 g/mol. The summed E-state index contributed by atoms with van der Waals surface area (Å²) in [7, 11) is -3.78. The first-order chi connectivity index (χ1) is 9.45. The van der Waals surface area contributed by atoms with Gasteiger partial charge in [-0.05, 0) is 55.7 Å². The van der Waals surface area contributed by atoms with Crippen LogP contribution in [-0.4, -0.2) is 20.4 Å². The highest BCUT2D eigenvalue weighted by Crippen LogP contribution is 2.44. The van der Waals surface area contributed by atoms with Crippen molar-refractivity contribution in [3.8, 4) is 0 Å². The molecule has 0 bridgehead atoms. The lowest BCUT2D eigenvalue weighted by Gasteiger charge is -2.17. The average Bonchev–Trinajstić information content (AvgIpc) is 3.28. The minimum Gasteiger partial charge on any atom is -0.349 e. The van der Waals surface area contributed by atoms with E-state index in [-0.39, 0.29) is 16.8 Å². The van der Waals surface area contributed by atoms with Gasteiger partial charge in [0.15, 0.2) is 0 Å². The molecule has 3 N–H and O–H groups in total. The van der Waals surface area contributed by atoms with Crippen LogP contribution in [0.25, 0.3) is 0 Å². The number of carbonyl (C=O) groups is 1. The zero-order valence-electron chi connectivity index (χ0n) is 11.1. The monoisotopic (exact) mass is 294 g/mol. The number of hydrogen-bond donors (Lipinski definition) is 2. The second-order valence-electron chi connectivity index (χ2n) is 5.75. The fourth-order valence-corrected chi connectivity index (χ4v) is 3.14. The van der Waals surface area contributed by atoms with Gasteiger partial charge in [-0.3, -0.25) is 4.79 Å². The van der Waals surface area contributed by atoms with Crippen molar-refractivity contribution < 1.29 is 13.2 Å². The zero-order valence-corrected chi connectivity index (χ0v) is 11.9. The van der Waals surface area contributed by atoms with E-state index in [4.69, 9.17) is 5.14 Å². The smallest absolute Gasteiger partial charge is 0.251 e. The Morgan fingerprint density at radius 1 is 1.20 bits per heavy atom. The summed E-state index contributed by atoms with van der Waals surface area (Å²) in [5.74, 6) is 1.00. The van der Waals surface area contributed by atoms with Crippen LogP contribution in [0.3, 0.4) is 0 Å². The van der Waals surface area contributed by atoms with E-state index in [1.54, 1.807) is 6.07 Å². The molecule has 0 radical (unpaired) electrons. The number of primary sulfonamides is 1. The van der Waals surface area contributed by atoms with Crippen molar-refractivity contribution >= 4 is 15.9 Å². The lowest BCUT2D eigenvalue weighted by Crippen LogP contribution is -2.38. The third-order valence-corrected chi connectivity index (χ3v) is 4.89. The average molecular weight is 294 g/mol. The normalized spacial score (nSPS) is 19.1. The van der Waals surface area contributed by atoms with Gasteiger partial charge in [-0.2, -0.15) is 0 Å². The number of rotatable bonds is 5. The van der Waals surface area contributed by atoms with Crippen LogP contribution < -0.4 is 10.5 Å². The Kier molecular flexibility index (Phi) is 3.30. The van der Waals surface area contributed by atoms with Gasteiger partial charge in [0.05, 0.1) is 4.90 Å².